The monoisotopic (exact) mass is 236 g/mol. The molecule has 1 aromatic rings. The Labute approximate surface area is 102 Å². The highest BCUT2D eigenvalue weighted by molar-refractivity contribution is 5.94. The SMILES string of the molecule is CCC(C)(CCO)NC(=O)c1ccc(N)cc1. The molecular formula is C13H20N2O2. The van der Waals surface area contributed by atoms with E-state index in [1.807, 2.05) is 13.8 Å². The highest BCUT2D eigenvalue weighted by Crippen LogP contribution is 2.15. The second-order valence-corrected chi connectivity index (χ2v) is 4.46. The molecule has 1 aromatic carbocycles. The van der Waals surface area contributed by atoms with Gasteiger partial charge in [-0.2, -0.15) is 0 Å². The summed E-state index contributed by atoms with van der Waals surface area (Å²) in [6, 6.07) is 6.79. The summed E-state index contributed by atoms with van der Waals surface area (Å²) < 4.78 is 0. The molecule has 1 unspecified atom stereocenters. The Hall–Kier alpha value is -1.55. The summed E-state index contributed by atoms with van der Waals surface area (Å²) in [4.78, 5) is 12.0. The van der Waals surface area contributed by atoms with Crippen molar-refractivity contribution in [3.05, 3.63) is 29.8 Å². The molecule has 0 aromatic heterocycles. The number of rotatable bonds is 5. The van der Waals surface area contributed by atoms with Gasteiger partial charge in [-0.3, -0.25) is 4.79 Å². The molecule has 94 valence electrons. The van der Waals surface area contributed by atoms with E-state index in [9.17, 15) is 4.79 Å². The van der Waals surface area contributed by atoms with Crippen LogP contribution in [0.1, 0.15) is 37.0 Å². The maximum absolute atomic E-state index is 12.0. The van der Waals surface area contributed by atoms with Crippen molar-refractivity contribution < 1.29 is 9.90 Å². The number of nitrogen functional groups attached to an aromatic ring is 1. The van der Waals surface area contributed by atoms with Gasteiger partial charge >= 0.3 is 0 Å². The Kier molecular flexibility index (Phi) is 4.52. The van der Waals surface area contributed by atoms with E-state index in [-0.39, 0.29) is 18.1 Å². The van der Waals surface area contributed by atoms with Crippen LogP contribution in [-0.2, 0) is 0 Å². The van der Waals surface area contributed by atoms with Crippen molar-refractivity contribution in [3.8, 4) is 0 Å². The van der Waals surface area contributed by atoms with Gasteiger partial charge in [0, 0.05) is 23.4 Å². The van der Waals surface area contributed by atoms with Crippen molar-refractivity contribution >= 4 is 11.6 Å². The van der Waals surface area contributed by atoms with Crippen molar-refractivity contribution in [1.82, 2.24) is 5.32 Å². The first-order valence-electron chi connectivity index (χ1n) is 5.79. The zero-order valence-electron chi connectivity index (χ0n) is 10.4. The molecule has 1 atom stereocenters. The largest absolute Gasteiger partial charge is 0.399 e. The predicted molar refractivity (Wildman–Crippen MR) is 68.7 cm³/mol. The summed E-state index contributed by atoms with van der Waals surface area (Å²) in [6.45, 7) is 3.98. The molecule has 0 spiro atoms. The smallest absolute Gasteiger partial charge is 0.251 e. The van der Waals surface area contributed by atoms with E-state index >= 15 is 0 Å². The Morgan fingerprint density at radius 1 is 1.41 bits per heavy atom. The van der Waals surface area contributed by atoms with Crippen LogP contribution < -0.4 is 11.1 Å². The first kappa shape index (κ1) is 13.5. The van der Waals surface area contributed by atoms with Crippen molar-refractivity contribution in [2.24, 2.45) is 0 Å². The number of aliphatic hydroxyl groups is 1. The Morgan fingerprint density at radius 3 is 2.47 bits per heavy atom. The summed E-state index contributed by atoms with van der Waals surface area (Å²) in [6.07, 6.45) is 1.32. The number of amides is 1. The van der Waals surface area contributed by atoms with Crippen LogP contribution in [0, 0.1) is 0 Å². The van der Waals surface area contributed by atoms with Gasteiger partial charge < -0.3 is 16.2 Å². The maximum atomic E-state index is 12.0. The third kappa shape index (κ3) is 3.75. The topological polar surface area (TPSA) is 75.3 Å². The molecule has 0 aliphatic rings. The second-order valence-electron chi connectivity index (χ2n) is 4.46. The number of carbonyl (C=O) groups excluding carboxylic acids is 1. The molecule has 1 rings (SSSR count). The lowest BCUT2D eigenvalue weighted by atomic mass is 9.94. The van der Waals surface area contributed by atoms with Crippen LogP contribution in [0.15, 0.2) is 24.3 Å². The molecular weight excluding hydrogens is 216 g/mol. The fourth-order valence-corrected chi connectivity index (χ4v) is 1.56. The van der Waals surface area contributed by atoms with Crippen LogP contribution >= 0.6 is 0 Å². The van der Waals surface area contributed by atoms with E-state index in [0.29, 0.717) is 17.7 Å². The second kappa shape index (κ2) is 5.68. The molecule has 0 saturated heterocycles. The van der Waals surface area contributed by atoms with Crippen LogP contribution in [0.5, 0.6) is 0 Å². The number of carbonyl (C=O) groups is 1. The van der Waals surface area contributed by atoms with E-state index in [2.05, 4.69) is 5.32 Å². The van der Waals surface area contributed by atoms with E-state index in [0.717, 1.165) is 6.42 Å². The van der Waals surface area contributed by atoms with Gasteiger partial charge in [-0.05, 0) is 44.0 Å². The summed E-state index contributed by atoms with van der Waals surface area (Å²) in [5.74, 6) is -0.136. The summed E-state index contributed by atoms with van der Waals surface area (Å²) in [7, 11) is 0. The van der Waals surface area contributed by atoms with Crippen LogP contribution in [0.4, 0.5) is 5.69 Å². The average Bonchev–Trinajstić information content (AvgIpc) is 2.30. The lowest BCUT2D eigenvalue weighted by molar-refractivity contribution is 0.0886. The Bertz CT molecular complexity index is 376. The quantitative estimate of drug-likeness (QED) is 0.679. The van der Waals surface area contributed by atoms with Crippen molar-refractivity contribution in [2.75, 3.05) is 12.3 Å². The number of hydrogen-bond donors (Lipinski definition) is 3. The molecule has 0 bridgehead atoms. The maximum Gasteiger partial charge on any atom is 0.251 e. The van der Waals surface area contributed by atoms with E-state index in [1.54, 1.807) is 24.3 Å². The molecule has 0 fully saturated rings. The standard InChI is InChI=1S/C13H20N2O2/c1-3-13(2,8-9-16)15-12(17)10-4-6-11(14)7-5-10/h4-7,16H,3,8-9,14H2,1-2H3,(H,15,17). The minimum atomic E-state index is -0.368. The van der Waals surface area contributed by atoms with Crippen molar-refractivity contribution in [3.63, 3.8) is 0 Å². The number of anilines is 1. The molecule has 4 nitrogen and oxygen atoms in total. The molecule has 0 saturated carbocycles. The predicted octanol–water partition coefficient (Wildman–Crippen LogP) is 1.55. The Balaban J connectivity index is 2.74. The first-order chi connectivity index (χ1) is 8.00. The highest BCUT2D eigenvalue weighted by atomic mass is 16.3. The van der Waals surface area contributed by atoms with Gasteiger partial charge in [-0.1, -0.05) is 6.92 Å². The van der Waals surface area contributed by atoms with Gasteiger partial charge in [0.1, 0.15) is 0 Å². The molecule has 17 heavy (non-hydrogen) atoms. The highest BCUT2D eigenvalue weighted by Gasteiger charge is 2.23. The number of nitrogens with one attached hydrogen (secondary N) is 1. The number of benzene rings is 1. The van der Waals surface area contributed by atoms with Gasteiger partial charge in [-0.15, -0.1) is 0 Å². The fourth-order valence-electron chi connectivity index (χ4n) is 1.56. The lowest BCUT2D eigenvalue weighted by Gasteiger charge is -2.29. The third-order valence-electron chi connectivity index (χ3n) is 3.03. The molecule has 0 aliphatic carbocycles. The summed E-state index contributed by atoms with van der Waals surface area (Å²) >= 11 is 0. The number of nitrogens with two attached hydrogens (primary N) is 1. The molecule has 4 heteroatoms. The zero-order chi connectivity index (χ0) is 12.9. The molecule has 4 N–H and O–H groups in total. The van der Waals surface area contributed by atoms with Gasteiger partial charge in [-0.25, -0.2) is 0 Å². The van der Waals surface area contributed by atoms with E-state index < -0.39 is 0 Å². The minimum Gasteiger partial charge on any atom is -0.399 e. The van der Waals surface area contributed by atoms with Gasteiger partial charge in [0.05, 0.1) is 0 Å². The summed E-state index contributed by atoms with van der Waals surface area (Å²) in [5, 5.41) is 11.9. The van der Waals surface area contributed by atoms with Crippen molar-refractivity contribution in [1.29, 1.82) is 0 Å². The number of hydrogen-bond acceptors (Lipinski definition) is 3. The van der Waals surface area contributed by atoms with Crippen molar-refractivity contribution in [2.45, 2.75) is 32.2 Å². The van der Waals surface area contributed by atoms with Gasteiger partial charge in [0.2, 0.25) is 0 Å². The normalized spacial score (nSPS) is 14.1. The molecule has 0 heterocycles. The van der Waals surface area contributed by atoms with Gasteiger partial charge in [0.15, 0.2) is 0 Å². The van der Waals surface area contributed by atoms with Crippen LogP contribution in [-0.4, -0.2) is 23.2 Å². The average molecular weight is 236 g/mol. The van der Waals surface area contributed by atoms with E-state index in [1.165, 1.54) is 0 Å². The molecule has 0 radical (unpaired) electrons. The molecule has 0 aliphatic heterocycles. The minimum absolute atomic E-state index is 0.0619. The summed E-state index contributed by atoms with van der Waals surface area (Å²) in [5.41, 5.74) is 6.41. The fraction of sp³-hybridized carbons (Fsp3) is 0.462. The van der Waals surface area contributed by atoms with Crippen LogP contribution in [0.2, 0.25) is 0 Å². The lowest BCUT2D eigenvalue weighted by Crippen LogP contribution is -2.46. The van der Waals surface area contributed by atoms with Crippen LogP contribution in [0.3, 0.4) is 0 Å². The van der Waals surface area contributed by atoms with Gasteiger partial charge in [0.25, 0.3) is 5.91 Å². The first-order valence-corrected chi connectivity index (χ1v) is 5.79. The number of aliphatic hydroxyl groups excluding tert-OH is 1. The third-order valence-corrected chi connectivity index (χ3v) is 3.03. The van der Waals surface area contributed by atoms with E-state index in [4.69, 9.17) is 10.8 Å². The molecule has 1 amide bonds. The van der Waals surface area contributed by atoms with Crippen LogP contribution in [0.25, 0.3) is 0 Å². The Morgan fingerprint density at radius 2 is 2.00 bits per heavy atom. The zero-order valence-corrected chi connectivity index (χ0v) is 10.4.